The maximum atomic E-state index is 7.50. The molecule has 0 aliphatic carbocycles. The molecule has 96 valence electrons. The van der Waals surface area contributed by atoms with E-state index in [4.69, 9.17) is 29.7 Å². The molecule has 7 heteroatoms. The van der Waals surface area contributed by atoms with Crippen LogP contribution in [0.5, 0.6) is 0 Å². The van der Waals surface area contributed by atoms with Crippen molar-refractivity contribution in [1.29, 1.82) is 0 Å². The van der Waals surface area contributed by atoms with Crippen molar-refractivity contribution in [2.45, 2.75) is 0 Å². The van der Waals surface area contributed by atoms with Gasteiger partial charge in [-0.25, -0.2) is 0 Å². The van der Waals surface area contributed by atoms with Gasteiger partial charge in [-0.2, -0.15) is 0 Å². The summed E-state index contributed by atoms with van der Waals surface area (Å²) in [6.07, 6.45) is 4.93. The van der Waals surface area contributed by atoms with E-state index in [0.29, 0.717) is 0 Å². The van der Waals surface area contributed by atoms with E-state index in [1.54, 1.807) is 0 Å². The summed E-state index contributed by atoms with van der Waals surface area (Å²) in [6, 6.07) is 0. The Hall–Kier alpha value is -1.66. The van der Waals surface area contributed by atoms with Crippen LogP contribution in [0.2, 0.25) is 0 Å². The van der Waals surface area contributed by atoms with Crippen molar-refractivity contribution in [3.63, 3.8) is 0 Å². The first kappa shape index (κ1) is 36.0. The van der Waals surface area contributed by atoms with Crippen LogP contribution < -0.4 is 0 Å². The average molecular weight is 429 g/mol. The molecule has 0 saturated heterocycles. The van der Waals surface area contributed by atoms with Crippen molar-refractivity contribution in [2.75, 3.05) is 14.1 Å². The molecule has 0 spiro atoms. The van der Waals surface area contributed by atoms with Crippen LogP contribution in [0.25, 0.3) is 0 Å². The van der Waals surface area contributed by atoms with Crippen molar-refractivity contribution in [1.82, 2.24) is 4.90 Å². The van der Waals surface area contributed by atoms with Crippen LogP contribution in [0.3, 0.4) is 0 Å². The second kappa shape index (κ2) is 71.4. The minimum atomic E-state index is 1.06. The third-order valence-electron chi connectivity index (χ3n) is 0.648. The van der Waals surface area contributed by atoms with Crippen molar-refractivity contribution >= 4 is 4.02 Å². The first-order valence-electron chi connectivity index (χ1n) is 3.38. The molecule has 0 rings (SSSR count). The molecular formula is C12H7NO5W. The molecule has 0 radical (unpaired) electrons. The molecule has 0 N–H and O–H groups in total. The van der Waals surface area contributed by atoms with Crippen molar-refractivity contribution in [2.24, 2.45) is 0 Å². The van der Waals surface area contributed by atoms with Crippen molar-refractivity contribution in [3.05, 3.63) is 33.3 Å². The van der Waals surface area contributed by atoms with Crippen LogP contribution in [0.1, 0.15) is 0 Å². The molecular weight excluding hydrogens is 422 g/mol. The van der Waals surface area contributed by atoms with Gasteiger partial charge in [-0.1, -0.05) is 0 Å². The fourth-order valence-corrected chi connectivity index (χ4v) is 0.385. The minimum absolute atomic E-state index is 1.06. The second-order valence-electron chi connectivity index (χ2n) is 1.59. The van der Waals surface area contributed by atoms with Gasteiger partial charge in [0.05, 0.1) is 0 Å². The van der Waals surface area contributed by atoms with Gasteiger partial charge in [0.1, 0.15) is 0 Å². The first-order valence-corrected chi connectivity index (χ1v) is 4.85. The molecule has 0 atom stereocenters. The van der Waals surface area contributed by atoms with Crippen LogP contribution in [-0.2, 0) is 42.6 Å². The molecule has 0 amide bonds. The van der Waals surface area contributed by atoms with Crippen molar-refractivity contribution in [3.8, 4) is 24.2 Å². The van der Waals surface area contributed by atoms with Crippen LogP contribution in [0, 0.1) is 57.4 Å². The summed E-state index contributed by atoms with van der Waals surface area (Å²) >= 11 is 1.35. The molecule has 6 nitrogen and oxygen atoms in total. The second-order valence-corrected chi connectivity index (χ2v) is 2.98. The SMILES string of the molecule is C#CC#C[C](=[W])N(C)C.[C-]#[O+].[C-]#[O+].[C-]#[O+].[C-]#[O+].[C-]#[O+]. The van der Waals surface area contributed by atoms with Gasteiger partial charge >= 0.3 is 123 Å². The van der Waals surface area contributed by atoms with E-state index in [1.807, 2.05) is 19.0 Å². The predicted molar refractivity (Wildman–Crippen MR) is 55.0 cm³/mol. The molecule has 0 bridgehead atoms. The standard InChI is InChI=1S/C7H7N.5CO.W/c1-4-5-6-7-8(2)3;5*1-2;/h1H,2-3H3;;;;;;. The van der Waals surface area contributed by atoms with Crippen LogP contribution in [0.15, 0.2) is 0 Å². The Labute approximate surface area is 123 Å². The summed E-state index contributed by atoms with van der Waals surface area (Å²) in [5.41, 5.74) is 0. The Morgan fingerprint density at radius 3 is 1.32 bits per heavy atom. The predicted octanol–water partition coefficient (Wildman–Crippen LogP) is -0.326. The Kier molecular flexibility index (Phi) is 135. The summed E-state index contributed by atoms with van der Waals surface area (Å²) in [5, 5.41) is 0. The van der Waals surface area contributed by atoms with Gasteiger partial charge in [0.2, 0.25) is 0 Å². The summed E-state index contributed by atoms with van der Waals surface area (Å²) in [5.74, 6) is 7.63. The van der Waals surface area contributed by atoms with E-state index in [-0.39, 0.29) is 0 Å². The van der Waals surface area contributed by atoms with Gasteiger partial charge in [-0.3, -0.25) is 0 Å². The number of rotatable bonds is 1. The number of terminal acetylenes is 1. The molecule has 19 heavy (non-hydrogen) atoms. The first-order chi connectivity index (χ1) is 9.18. The number of hydrogen-bond acceptors (Lipinski definition) is 1. The van der Waals surface area contributed by atoms with Gasteiger partial charge in [0.15, 0.2) is 0 Å². The van der Waals surface area contributed by atoms with Gasteiger partial charge in [0, 0.05) is 0 Å². The summed E-state index contributed by atoms with van der Waals surface area (Å²) in [6.45, 7) is 22.5. The van der Waals surface area contributed by atoms with E-state index in [2.05, 4.69) is 51.0 Å². The molecule has 0 aromatic carbocycles. The van der Waals surface area contributed by atoms with E-state index in [1.165, 1.54) is 19.4 Å². The molecule has 0 fully saturated rings. The molecule has 0 heterocycles. The number of nitrogens with zero attached hydrogens (tertiary/aromatic N) is 1. The van der Waals surface area contributed by atoms with E-state index in [9.17, 15) is 0 Å². The van der Waals surface area contributed by atoms with Crippen LogP contribution >= 0.6 is 0 Å². The monoisotopic (exact) mass is 429 g/mol. The van der Waals surface area contributed by atoms with Crippen LogP contribution in [0.4, 0.5) is 0 Å². The van der Waals surface area contributed by atoms with E-state index < -0.39 is 0 Å². The molecule has 0 aromatic heterocycles. The van der Waals surface area contributed by atoms with Gasteiger partial charge in [0.25, 0.3) is 0 Å². The zero-order valence-corrected chi connectivity index (χ0v) is 12.9. The third kappa shape index (κ3) is 83.6. The van der Waals surface area contributed by atoms with Crippen LogP contribution in [-0.4, -0.2) is 23.0 Å². The molecule has 0 saturated carbocycles. The summed E-state index contributed by atoms with van der Waals surface area (Å²) in [7, 11) is 3.90. The normalized spacial score (nSPS) is 4.00. The average Bonchev–Trinajstić information content (AvgIpc) is 2.54. The quantitative estimate of drug-likeness (QED) is 0.318. The Morgan fingerprint density at radius 2 is 1.16 bits per heavy atom. The molecule has 0 aromatic rings. The molecule has 0 aliphatic heterocycles. The third-order valence-corrected chi connectivity index (χ3v) is 2.33. The summed E-state index contributed by atoms with van der Waals surface area (Å²) < 4.78 is 38.6. The Morgan fingerprint density at radius 1 is 0.895 bits per heavy atom. The maximum absolute atomic E-state index is 7.50. The Bertz CT molecular complexity index is 350. The van der Waals surface area contributed by atoms with Gasteiger partial charge in [-0.15, -0.1) is 0 Å². The molecule has 0 aliphatic rings. The fourth-order valence-electron chi connectivity index (χ4n) is 0.201. The van der Waals surface area contributed by atoms with Gasteiger partial charge < -0.3 is 0 Å². The van der Waals surface area contributed by atoms with Gasteiger partial charge in [-0.05, 0) is 0 Å². The topological polar surface area (TPSA) is 103 Å². The fraction of sp³-hybridized carbons (Fsp3) is 0.167. The van der Waals surface area contributed by atoms with E-state index >= 15 is 0 Å². The number of hydrogen-bond donors (Lipinski definition) is 0. The summed E-state index contributed by atoms with van der Waals surface area (Å²) in [4.78, 5) is 1.96. The van der Waals surface area contributed by atoms with E-state index in [0.717, 1.165) is 4.02 Å². The zero-order valence-electron chi connectivity index (χ0n) is 9.97. The zero-order chi connectivity index (χ0) is 17.3. The molecule has 0 unspecified atom stereocenters. The Balaban J connectivity index is -0.0000000356. The van der Waals surface area contributed by atoms with Crippen molar-refractivity contribution < 1.29 is 42.6 Å².